The maximum atomic E-state index is 12.3. The van der Waals surface area contributed by atoms with Gasteiger partial charge in [-0.1, -0.05) is 6.07 Å². The number of carbonyl (C=O) groups is 2. The third-order valence-electron chi connectivity index (χ3n) is 4.18. The summed E-state index contributed by atoms with van der Waals surface area (Å²) in [7, 11) is 0. The van der Waals surface area contributed by atoms with Crippen molar-refractivity contribution in [3.8, 4) is 0 Å². The van der Waals surface area contributed by atoms with E-state index in [1.54, 1.807) is 17.6 Å². The van der Waals surface area contributed by atoms with E-state index in [4.69, 9.17) is 4.42 Å². The number of amides is 2. The Labute approximate surface area is 151 Å². The second-order valence-corrected chi connectivity index (χ2v) is 7.20. The maximum Gasteiger partial charge on any atom is 0.241 e. The van der Waals surface area contributed by atoms with Crippen molar-refractivity contribution in [3.63, 3.8) is 0 Å². The van der Waals surface area contributed by atoms with Gasteiger partial charge in [0.25, 0.3) is 0 Å². The minimum atomic E-state index is -0.143. The summed E-state index contributed by atoms with van der Waals surface area (Å²) < 4.78 is 5.40. The van der Waals surface area contributed by atoms with E-state index in [2.05, 4.69) is 11.4 Å². The summed E-state index contributed by atoms with van der Waals surface area (Å²) >= 11 is 1.66. The van der Waals surface area contributed by atoms with Crippen LogP contribution in [0.5, 0.6) is 0 Å². The van der Waals surface area contributed by atoms with Gasteiger partial charge in [-0.05, 0) is 36.4 Å². The van der Waals surface area contributed by atoms with Crippen LogP contribution in [-0.4, -0.2) is 47.8 Å². The SMILES string of the molecule is O=C(CN(Cc1ccco1)Cc1cccs1)NCC(=O)N1CCCC1. The Morgan fingerprint density at radius 2 is 2.04 bits per heavy atom. The molecular weight excluding hydrogens is 338 g/mol. The van der Waals surface area contributed by atoms with Crippen LogP contribution in [0.15, 0.2) is 40.3 Å². The van der Waals surface area contributed by atoms with Crippen molar-refractivity contribution in [2.75, 3.05) is 26.2 Å². The van der Waals surface area contributed by atoms with E-state index in [9.17, 15) is 9.59 Å². The van der Waals surface area contributed by atoms with E-state index in [-0.39, 0.29) is 24.9 Å². The molecule has 7 heteroatoms. The average Bonchev–Trinajstić information content (AvgIpc) is 3.35. The summed E-state index contributed by atoms with van der Waals surface area (Å²) in [5.74, 6) is 0.676. The second kappa shape index (κ2) is 8.82. The zero-order valence-corrected chi connectivity index (χ0v) is 15.0. The second-order valence-electron chi connectivity index (χ2n) is 6.17. The predicted octanol–water partition coefficient (Wildman–Crippen LogP) is 2.08. The molecule has 0 radical (unpaired) electrons. The zero-order valence-electron chi connectivity index (χ0n) is 14.1. The minimum Gasteiger partial charge on any atom is -0.468 e. The smallest absolute Gasteiger partial charge is 0.241 e. The lowest BCUT2D eigenvalue weighted by atomic mass is 10.3. The fraction of sp³-hybridized carbons (Fsp3) is 0.444. The van der Waals surface area contributed by atoms with Crippen molar-refractivity contribution in [2.45, 2.75) is 25.9 Å². The minimum absolute atomic E-state index is 0.00157. The van der Waals surface area contributed by atoms with Gasteiger partial charge in [0.05, 0.1) is 25.9 Å². The molecule has 0 atom stereocenters. The molecule has 2 aromatic rings. The molecule has 0 bridgehead atoms. The van der Waals surface area contributed by atoms with Crippen molar-refractivity contribution in [1.82, 2.24) is 15.1 Å². The zero-order chi connectivity index (χ0) is 17.5. The molecule has 3 heterocycles. The fourth-order valence-electron chi connectivity index (χ4n) is 2.93. The van der Waals surface area contributed by atoms with E-state index in [1.165, 1.54) is 4.88 Å². The van der Waals surface area contributed by atoms with E-state index < -0.39 is 0 Å². The van der Waals surface area contributed by atoms with Gasteiger partial charge in [-0.3, -0.25) is 14.5 Å². The van der Waals surface area contributed by atoms with Gasteiger partial charge in [0, 0.05) is 24.5 Å². The first-order valence-electron chi connectivity index (χ1n) is 8.52. The summed E-state index contributed by atoms with van der Waals surface area (Å²) in [6.45, 7) is 3.14. The van der Waals surface area contributed by atoms with E-state index in [1.807, 2.05) is 33.4 Å². The highest BCUT2D eigenvalue weighted by atomic mass is 32.1. The van der Waals surface area contributed by atoms with Crippen LogP contribution in [0.1, 0.15) is 23.5 Å². The third kappa shape index (κ3) is 5.44. The molecule has 1 aliphatic rings. The molecule has 134 valence electrons. The highest BCUT2D eigenvalue weighted by Gasteiger charge is 2.19. The summed E-state index contributed by atoms with van der Waals surface area (Å²) in [5.41, 5.74) is 0. The third-order valence-corrected chi connectivity index (χ3v) is 5.04. The van der Waals surface area contributed by atoms with Crippen LogP contribution in [0.2, 0.25) is 0 Å². The predicted molar refractivity (Wildman–Crippen MR) is 96.0 cm³/mol. The normalized spacial score (nSPS) is 14.2. The number of furan rings is 1. The molecule has 0 aromatic carbocycles. The molecule has 1 saturated heterocycles. The lowest BCUT2D eigenvalue weighted by Gasteiger charge is -2.21. The lowest BCUT2D eigenvalue weighted by molar-refractivity contribution is -0.132. The van der Waals surface area contributed by atoms with Crippen molar-refractivity contribution < 1.29 is 14.0 Å². The number of rotatable bonds is 8. The van der Waals surface area contributed by atoms with Crippen LogP contribution in [0, 0.1) is 0 Å². The summed E-state index contributed by atoms with van der Waals surface area (Å²) in [4.78, 5) is 29.3. The first-order chi connectivity index (χ1) is 12.2. The molecule has 1 N–H and O–H groups in total. The van der Waals surface area contributed by atoms with Crippen molar-refractivity contribution >= 4 is 23.2 Å². The van der Waals surface area contributed by atoms with Gasteiger partial charge in [-0.2, -0.15) is 0 Å². The van der Waals surface area contributed by atoms with Crippen molar-refractivity contribution in [2.24, 2.45) is 0 Å². The number of carbonyl (C=O) groups excluding carboxylic acids is 2. The van der Waals surface area contributed by atoms with Crippen LogP contribution < -0.4 is 5.32 Å². The van der Waals surface area contributed by atoms with E-state index >= 15 is 0 Å². The largest absolute Gasteiger partial charge is 0.468 e. The Hall–Kier alpha value is -2.12. The molecular formula is C18H23N3O3S. The lowest BCUT2D eigenvalue weighted by Crippen LogP contribution is -2.42. The molecule has 1 aliphatic heterocycles. The number of likely N-dealkylation sites (tertiary alicyclic amines) is 1. The van der Waals surface area contributed by atoms with Crippen LogP contribution in [-0.2, 0) is 22.7 Å². The molecule has 0 spiro atoms. The van der Waals surface area contributed by atoms with Gasteiger partial charge in [-0.25, -0.2) is 0 Å². The number of nitrogens with zero attached hydrogens (tertiary/aromatic N) is 2. The molecule has 2 amide bonds. The molecule has 1 fully saturated rings. The van der Waals surface area contributed by atoms with Crippen LogP contribution in [0.4, 0.5) is 0 Å². The Morgan fingerprint density at radius 1 is 1.20 bits per heavy atom. The van der Waals surface area contributed by atoms with E-state index in [0.717, 1.165) is 31.7 Å². The van der Waals surface area contributed by atoms with Gasteiger partial charge in [0.1, 0.15) is 5.76 Å². The number of thiophene rings is 1. The molecule has 0 unspecified atom stereocenters. The topological polar surface area (TPSA) is 65.8 Å². The first-order valence-corrected chi connectivity index (χ1v) is 9.40. The standard InChI is InChI=1S/C18H23N3O3S/c22-17(19-11-18(23)21-7-1-2-8-21)14-20(12-15-5-3-9-24-15)13-16-6-4-10-25-16/h3-6,9-10H,1-2,7-8,11-14H2,(H,19,22). The van der Waals surface area contributed by atoms with E-state index in [0.29, 0.717) is 13.1 Å². The van der Waals surface area contributed by atoms with Gasteiger partial charge < -0.3 is 14.6 Å². The Bertz CT molecular complexity index is 628. The van der Waals surface area contributed by atoms with Gasteiger partial charge in [0.2, 0.25) is 11.8 Å². The number of nitrogens with one attached hydrogen (secondary N) is 1. The first kappa shape index (κ1) is 17.7. The highest BCUT2D eigenvalue weighted by Crippen LogP contribution is 2.14. The van der Waals surface area contributed by atoms with Gasteiger partial charge >= 0.3 is 0 Å². The average molecular weight is 361 g/mol. The summed E-state index contributed by atoms with van der Waals surface area (Å²) in [5, 5.41) is 4.77. The quantitative estimate of drug-likeness (QED) is 0.782. The number of hydrogen-bond acceptors (Lipinski definition) is 5. The fourth-order valence-corrected chi connectivity index (χ4v) is 3.67. The van der Waals surface area contributed by atoms with Gasteiger partial charge in [-0.15, -0.1) is 11.3 Å². The Balaban J connectivity index is 1.51. The number of hydrogen-bond donors (Lipinski definition) is 1. The van der Waals surface area contributed by atoms with Crippen LogP contribution in [0.3, 0.4) is 0 Å². The van der Waals surface area contributed by atoms with Crippen LogP contribution in [0.25, 0.3) is 0 Å². The molecule has 0 aliphatic carbocycles. The molecule has 3 rings (SSSR count). The van der Waals surface area contributed by atoms with Gasteiger partial charge in [0.15, 0.2) is 0 Å². The maximum absolute atomic E-state index is 12.3. The highest BCUT2D eigenvalue weighted by molar-refractivity contribution is 7.09. The Kier molecular flexibility index (Phi) is 6.25. The molecule has 25 heavy (non-hydrogen) atoms. The molecule has 6 nitrogen and oxygen atoms in total. The van der Waals surface area contributed by atoms with Crippen molar-refractivity contribution in [1.29, 1.82) is 0 Å². The Morgan fingerprint density at radius 3 is 2.72 bits per heavy atom. The van der Waals surface area contributed by atoms with Crippen molar-refractivity contribution in [3.05, 3.63) is 46.5 Å². The molecule has 0 saturated carbocycles. The molecule has 2 aromatic heterocycles. The summed E-state index contributed by atoms with van der Waals surface area (Å²) in [6.07, 6.45) is 3.74. The van der Waals surface area contributed by atoms with Crippen LogP contribution >= 0.6 is 11.3 Å². The summed E-state index contributed by atoms with van der Waals surface area (Å²) in [6, 6.07) is 7.79. The monoisotopic (exact) mass is 361 g/mol.